The molecule has 37 heavy (non-hydrogen) atoms. The summed E-state index contributed by atoms with van der Waals surface area (Å²) in [4.78, 5) is 14.1. The Hall–Kier alpha value is -2.97. The van der Waals surface area contributed by atoms with Crippen LogP contribution in [0, 0.1) is 0 Å². The zero-order valence-corrected chi connectivity index (χ0v) is 21.6. The predicted molar refractivity (Wildman–Crippen MR) is 129 cm³/mol. The van der Waals surface area contributed by atoms with Crippen LogP contribution in [-0.4, -0.2) is 58.6 Å². The summed E-state index contributed by atoms with van der Waals surface area (Å²) >= 11 is 0. The minimum atomic E-state index is -4.65. The number of carbonyl (C=O) groups excluding carboxylic acids is 1. The molecule has 3 aromatic rings. The Morgan fingerprint density at radius 2 is 2.00 bits per heavy atom. The molecule has 1 amide bonds. The standard InChI is InChI=1S/C22H30F3N9O2.ClH/c1-21(2,29-20(35)15(26)8-14-10-27-32(3)12-14)13-33-17(9-18(31-33)22(23,24)25)16-11-28-34(30-16)19-6-4-5-7-36-19;/h9-12,15,19H,4-8,13,26H2,1-3H3,(H,29,35);1H/t15-,19?;/m1./s1. The lowest BCUT2D eigenvalue weighted by Gasteiger charge is -2.28. The minimum Gasteiger partial charge on any atom is -0.355 e. The Balaban J connectivity index is 0.00000380. The zero-order valence-electron chi connectivity index (χ0n) is 20.8. The van der Waals surface area contributed by atoms with Gasteiger partial charge in [-0.15, -0.1) is 17.5 Å². The molecule has 1 saturated heterocycles. The zero-order chi connectivity index (χ0) is 26.1. The normalized spacial score (nSPS) is 17.3. The number of nitrogens with two attached hydrogens (primary N) is 1. The van der Waals surface area contributed by atoms with Gasteiger partial charge in [0, 0.05) is 19.9 Å². The van der Waals surface area contributed by atoms with Crippen molar-refractivity contribution in [1.29, 1.82) is 0 Å². The van der Waals surface area contributed by atoms with Gasteiger partial charge in [-0.3, -0.25) is 14.2 Å². The summed E-state index contributed by atoms with van der Waals surface area (Å²) in [6.07, 6.45) is 2.66. The molecule has 1 unspecified atom stereocenters. The first-order chi connectivity index (χ1) is 16.9. The van der Waals surface area contributed by atoms with E-state index >= 15 is 0 Å². The van der Waals surface area contributed by atoms with Crippen molar-refractivity contribution < 1.29 is 22.7 Å². The molecule has 3 aromatic heterocycles. The number of halogens is 4. The molecule has 2 atom stereocenters. The second-order valence-electron chi connectivity index (χ2n) is 9.65. The van der Waals surface area contributed by atoms with Gasteiger partial charge in [-0.25, -0.2) is 0 Å². The molecule has 1 aliphatic rings. The molecule has 1 aliphatic heterocycles. The monoisotopic (exact) mass is 545 g/mol. The molecule has 0 aromatic carbocycles. The second kappa shape index (κ2) is 11.2. The lowest BCUT2D eigenvalue weighted by molar-refractivity contribution is -0.141. The maximum absolute atomic E-state index is 13.5. The third-order valence-corrected chi connectivity index (χ3v) is 5.81. The quantitative estimate of drug-likeness (QED) is 0.444. The highest BCUT2D eigenvalue weighted by atomic mass is 35.5. The van der Waals surface area contributed by atoms with Crippen molar-refractivity contribution >= 4 is 18.3 Å². The van der Waals surface area contributed by atoms with Crippen LogP contribution in [0.25, 0.3) is 11.4 Å². The summed E-state index contributed by atoms with van der Waals surface area (Å²) in [7, 11) is 1.76. The maximum atomic E-state index is 13.5. The number of amides is 1. The van der Waals surface area contributed by atoms with Crippen molar-refractivity contribution in [3.8, 4) is 11.4 Å². The highest BCUT2D eigenvalue weighted by Gasteiger charge is 2.36. The Morgan fingerprint density at radius 1 is 1.24 bits per heavy atom. The maximum Gasteiger partial charge on any atom is 0.435 e. The van der Waals surface area contributed by atoms with E-state index in [2.05, 4.69) is 25.7 Å². The molecule has 4 rings (SSSR count). The molecule has 11 nitrogen and oxygen atoms in total. The number of hydrogen-bond acceptors (Lipinski definition) is 7. The number of nitrogens with zero attached hydrogens (tertiary/aromatic N) is 7. The van der Waals surface area contributed by atoms with Gasteiger partial charge in [0.2, 0.25) is 5.91 Å². The predicted octanol–water partition coefficient (Wildman–Crippen LogP) is 2.48. The van der Waals surface area contributed by atoms with E-state index in [0.717, 1.165) is 30.9 Å². The number of alkyl halides is 3. The minimum absolute atomic E-state index is 0. The number of ether oxygens (including phenoxy) is 1. The summed E-state index contributed by atoms with van der Waals surface area (Å²) in [5.41, 5.74) is 5.18. The van der Waals surface area contributed by atoms with Crippen LogP contribution in [0.5, 0.6) is 0 Å². The van der Waals surface area contributed by atoms with Crippen molar-refractivity contribution in [3.05, 3.63) is 35.9 Å². The van der Waals surface area contributed by atoms with E-state index < -0.39 is 29.4 Å². The highest BCUT2D eigenvalue weighted by molar-refractivity contribution is 5.85. The van der Waals surface area contributed by atoms with Crippen LogP contribution in [-0.2, 0) is 35.7 Å². The fraction of sp³-hybridized carbons (Fsp3) is 0.591. The van der Waals surface area contributed by atoms with Gasteiger partial charge in [-0.2, -0.15) is 33.3 Å². The Labute approximate surface area is 217 Å². The molecule has 3 N–H and O–H groups in total. The summed E-state index contributed by atoms with van der Waals surface area (Å²) < 4.78 is 49.0. The first-order valence-corrected chi connectivity index (χ1v) is 11.7. The van der Waals surface area contributed by atoms with Crippen LogP contribution < -0.4 is 11.1 Å². The fourth-order valence-corrected chi connectivity index (χ4v) is 4.08. The van der Waals surface area contributed by atoms with E-state index in [4.69, 9.17) is 10.5 Å². The van der Waals surface area contributed by atoms with Crippen LogP contribution in [0.4, 0.5) is 13.2 Å². The number of nitrogens with one attached hydrogen (secondary N) is 1. The molecule has 0 bridgehead atoms. The first-order valence-electron chi connectivity index (χ1n) is 11.7. The SMILES string of the molecule is Cl.Cn1cc(C[C@@H](N)C(=O)NC(C)(C)Cn2nc(C(F)(F)F)cc2-c2cnn(C3CCCCO3)n2)cn1. The Bertz CT molecular complexity index is 1200. The van der Waals surface area contributed by atoms with Gasteiger partial charge in [0.25, 0.3) is 0 Å². The lowest BCUT2D eigenvalue weighted by Crippen LogP contribution is -2.53. The molecule has 4 heterocycles. The van der Waals surface area contributed by atoms with Crippen LogP contribution in [0.2, 0.25) is 0 Å². The van der Waals surface area contributed by atoms with Crippen molar-refractivity contribution in [1.82, 2.24) is 39.9 Å². The van der Waals surface area contributed by atoms with E-state index in [1.54, 1.807) is 38.0 Å². The van der Waals surface area contributed by atoms with E-state index in [1.807, 2.05) is 0 Å². The summed E-state index contributed by atoms with van der Waals surface area (Å²) in [6, 6.07) is 0.0777. The van der Waals surface area contributed by atoms with Gasteiger partial charge < -0.3 is 15.8 Å². The van der Waals surface area contributed by atoms with Gasteiger partial charge in [0.15, 0.2) is 11.9 Å². The molecule has 0 aliphatic carbocycles. The molecular formula is C22H31ClF3N9O2. The Kier molecular flexibility index (Phi) is 8.65. The third-order valence-electron chi connectivity index (χ3n) is 5.81. The van der Waals surface area contributed by atoms with Crippen LogP contribution in [0.3, 0.4) is 0 Å². The smallest absolute Gasteiger partial charge is 0.355 e. The van der Waals surface area contributed by atoms with E-state index in [-0.39, 0.29) is 43.0 Å². The number of hydrogen-bond donors (Lipinski definition) is 2. The number of aromatic nitrogens is 7. The molecule has 0 radical (unpaired) electrons. The van der Waals surface area contributed by atoms with Crippen LogP contribution >= 0.6 is 12.4 Å². The number of aryl methyl sites for hydroxylation is 1. The van der Waals surface area contributed by atoms with E-state index in [1.165, 1.54) is 15.7 Å². The third kappa shape index (κ3) is 7.08. The molecular weight excluding hydrogens is 515 g/mol. The van der Waals surface area contributed by atoms with Crippen LogP contribution in [0.1, 0.15) is 50.6 Å². The Morgan fingerprint density at radius 3 is 2.62 bits per heavy atom. The molecule has 15 heteroatoms. The molecule has 0 spiro atoms. The van der Waals surface area contributed by atoms with Gasteiger partial charge in [0.1, 0.15) is 5.69 Å². The summed E-state index contributed by atoms with van der Waals surface area (Å²) in [5, 5.41) is 19.2. The first kappa shape index (κ1) is 28.6. The van der Waals surface area contributed by atoms with Crippen molar-refractivity contribution in [2.45, 2.75) is 70.1 Å². The van der Waals surface area contributed by atoms with Gasteiger partial charge in [-0.1, -0.05) is 0 Å². The lowest BCUT2D eigenvalue weighted by atomic mass is 10.0. The average Bonchev–Trinajstić information content (AvgIpc) is 3.53. The average molecular weight is 546 g/mol. The van der Waals surface area contributed by atoms with Crippen molar-refractivity contribution in [2.24, 2.45) is 12.8 Å². The fourth-order valence-electron chi connectivity index (χ4n) is 4.08. The van der Waals surface area contributed by atoms with E-state index in [0.29, 0.717) is 6.61 Å². The summed E-state index contributed by atoms with van der Waals surface area (Å²) in [5.74, 6) is -0.436. The van der Waals surface area contributed by atoms with E-state index in [9.17, 15) is 18.0 Å². The second-order valence-corrected chi connectivity index (χ2v) is 9.65. The molecule has 1 fully saturated rings. The van der Waals surface area contributed by atoms with Crippen molar-refractivity contribution in [3.63, 3.8) is 0 Å². The molecule has 0 saturated carbocycles. The van der Waals surface area contributed by atoms with Crippen LogP contribution in [0.15, 0.2) is 24.7 Å². The topological polar surface area (TPSA) is 131 Å². The number of rotatable bonds is 8. The van der Waals surface area contributed by atoms with Gasteiger partial charge >= 0.3 is 6.18 Å². The van der Waals surface area contributed by atoms with Crippen molar-refractivity contribution in [2.75, 3.05) is 6.61 Å². The largest absolute Gasteiger partial charge is 0.435 e. The summed E-state index contributed by atoms with van der Waals surface area (Å²) in [6.45, 7) is 3.89. The number of carbonyl (C=O) groups is 1. The van der Waals surface area contributed by atoms with Gasteiger partial charge in [0.05, 0.1) is 36.2 Å². The molecule has 204 valence electrons. The highest BCUT2D eigenvalue weighted by Crippen LogP contribution is 2.32. The van der Waals surface area contributed by atoms with Gasteiger partial charge in [-0.05, 0) is 51.2 Å².